The van der Waals surface area contributed by atoms with Crippen molar-refractivity contribution >= 4 is 11.6 Å². The fourth-order valence-electron chi connectivity index (χ4n) is 2.80. The lowest BCUT2D eigenvalue weighted by Crippen LogP contribution is -2.30. The number of anilines is 1. The number of nitrogens with zero attached hydrogens (tertiary/aromatic N) is 2. The van der Waals surface area contributed by atoms with Crippen LogP contribution in [0.3, 0.4) is 0 Å². The quantitative estimate of drug-likeness (QED) is 0.893. The molecule has 104 valence electrons. The van der Waals surface area contributed by atoms with E-state index in [1.807, 2.05) is 30.0 Å². The van der Waals surface area contributed by atoms with Crippen LogP contribution in [0.2, 0.25) is 0 Å². The molecular formula is C15H18N4O. The minimum atomic E-state index is -0.0543. The third-order valence-electron chi connectivity index (χ3n) is 3.76. The molecule has 0 radical (unpaired) electrons. The van der Waals surface area contributed by atoms with Gasteiger partial charge in [0.25, 0.3) is 5.91 Å². The summed E-state index contributed by atoms with van der Waals surface area (Å²) in [5.41, 5.74) is 9.22. The van der Waals surface area contributed by atoms with Crippen LogP contribution in [0, 0.1) is 6.92 Å². The van der Waals surface area contributed by atoms with Crippen molar-refractivity contribution in [3.05, 3.63) is 47.3 Å². The van der Waals surface area contributed by atoms with E-state index in [-0.39, 0.29) is 5.91 Å². The Balaban J connectivity index is 1.93. The standard InChI is InChI=1S/C15H18N4O/c1-10-8-13(18-17-10)15(20)19-9-11(6-7-16)12-4-2-3-5-14(12)19/h2-5,8,11H,6-7,9,16H2,1H3,(H,17,18). The molecule has 5 nitrogen and oxygen atoms in total. The zero-order valence-corrected chi connectivity index (χ0v) is 11.5. The molecule has 1 amide bonds. The molecule has 0 bridgehead atoms. The van der Waals surface area contributed by atoms with Gasteiger partial charge in [-0.2, -0.15) is 5.10 Å². The second kappa shape index (κ2) is 5.09. The molecule has 1 aliphatic heterocycles. The van der Waals surface area contributed by atoms with E-state index >= 15 is 0 Å². The predicted molar refractivity (Wildman–Crippen MR) is 77.9 cm³/mol. The first kappa shape index (κ1) is 12.9. The van der Waals surface area contributed by atoms with Crippen molar-refractivity contribution < 1.29 is 4.79 Å². The number of carbonyl (C=O) groups is 1. The predicted octanol–water partition coefficient (Wildman–Crippen LogP) is 1.81. The number of nitrogens with two attached hydrogens (primary N) is 1. The zero-order chi connectivity index (χ0) is 14.1. The molecule has 1 aliphatic rings. The van der Waals surface area contributed by atoms with Gasteiger partial charge in [-0.3, -0.25) is 9.89 Å². The number of carbonyl (C=O) groups excluding carboxylic acids is 1. The summed E-state index contributed by atoms with van der Waals surface area (Å²) >= 11 is 0. The smallest absolute Gasteiger partial charge is 0.278 e. The highest BCUT2D eigenvalue weighted by molar-refractivity contribution is 6.06. The molecule has 1 aromatic carbocycles. The third-order valence-corrected chi connectivity index (χ3v) is 3.76. The topological polar surface area (TPSA) is 75.0 Å². The number of hydrogen-bond donors (Lipinski definition) is 2. The molecule has 0 saturated heterocycles. The van der Waals surface area contributed by atoms with Crippen molar-refractivity contribution in [2.75, 3.05) is 18.0 Å². The Labute approximate surface area is 117 Å². The second-order valence-electron chi connectivity index (χ2n) is 5.19. The lowest BCUT2D eigenvalue weighted by atomic mass is 9.98. The number of aryl methyl sites for hydroxylation is 1. The van der Waals surface area contributed by atoms with Crippen LogP contribution in [0.1, 0.15) is 34.1 Å². The average molecular weight is 270 g/mol. The van der Waals surface area contributed by atoms with Crippen LogP contribution < -0.4 is 10.6 Å². The summed E-state index contributed by atoms with van der Waals surface area (Å²) < 4.78 is 0. The highest BCUT2D eigenvalue weighted by atomic mass is 16.2. The molecule has 2 aromatic rings. The monoisotopic (exact) mass is 270 g/mol. The molecule has 5 heteroatoms. The van der Waals surface area contributed by atoms with E-state index in [2.05, 4.69) is 16.3 Å². The van der Waals surface area contributed by atoms with Gasteiger partial charge in [0.05, 0.1) is 0 Å². The molecule has 3 rings (SSSR count). The second-order valence-corrected chi connectivity index (χ2v) is 5.19. The van der Waals surface area contributed by atoms with Gasteiger partial charge in [-0.05, 0) is 37.6 Å². The maximum atomic E-state index is 12.6. The third kappa shape index (κ3) is 2.10. The Hall–Kier alpha value is -2.14. The molecule has 0 saturated carbocycles. The molecule has 1 unspecified atom stereocenters. The van der Waals surface area contributed by atoms with E-state index in [4.69, 9.17) is 5.73 Å². The Morgan fingerprint density at radius 1 is 1.50 bits per heavy atom. The fourth-order valence-corrected chi connectivity index (χ4v) is 2.80. The molecule has 3 N–H and O–H groups in total. The Morgan fingerprint density at radius 2 is 2.30 bits per heavy atom. The highest BCUT2D eigenvalue weighted by Crippen LogP contribution is 2.38. The van der Waals surface area contributed by atoms with Crippen molar-refractivity contribution in [3.63, 3.8) is 0 Å². The van der Waals surface area contributed by atoms with Crippen LogP contribution >= 0.6 is 0 Å². The summed E-state index contributed by atoms with van der Waals surface area (Å²) in [6, 6.07) is 9.82. The molecule has 1 aromatic heterocycles. The first-order valence-electron chi connectivity index (χ1n) is 6.83. The number of amides is 1. The van der Waals surface area contributed by atoms with Crippen LogP contribution in [0.25, 0.3) is 0 Å². The number of rotatable bonds is 3. The lowest BCUT2D eigenvalue weighted by molar-refractivity contribution is 0.0983. The number of nitrogens with one attached hydrogen (secondary N) is 1. The number of para-hydroxylation sites is 1. The van der Waals surface area contributed by atoms with Gasteiger partial charge in [-0.15, -0.1) is 0 Å². The first-order valence-corrected chi connectivity index (χ1v) is 6.83. The van der Waals surface area contributed by atoms with Crippen LogP contribution in [0.5, 0.6) is 0 Å². The lowest BCUT2D eigenvalue weighted by Gasteiger charge is -2.16. The van der Waals surface area contributed by atoms with Gasteiger partial charge in [0.15, 0.2) is 5.69 Å². The molecular weight excluding hydrogens is 252 g/mol. The van der Waals surface area contributed by atoms with Gasteiger partial charge in [0.1, 0.15) is 0 Å². The molecule has 20 heavy (non-hydrogen) atoms. The van der Waals surface area contributed by atoms with E-state index in [0.29, 0.717) is 24.7 Å². The van der Waals surface area contributed by atoms with Crippen LogP contribution in [-0.4, -0.2) is 29.2 Å². The number of H-pyrrole nitrogens is 1. The van der Waals surface area contributed by atoms with Crippen LogP contribution in [0.15, 0.2) is 30.3 Å². The van der Waals surface area contributed by atoms with E-state index in [9.17, 15) is 4.79 Å². The molecule has 0 aliphatic carbocycles. The van der Waals surface area contributed by atoms with E-state index < -0.39 is 0 Å². The summed E-state index contributed by atoms with van der Waals surface area (Å²) in [5.74, 6) is 0.265. The largest absolute Gasteiger partial charge is 0.330 e. The highest BCUT2D eigenvalue weighted by Gasteiger charge is 2.32. The average Bonchev–Trinajstić information content (AvgIpc) is 3.04. The van der Waals surface area contributed by atoms with Gasteiger partial charge in [0, 0.05) is 23.8 Å². The first-order chi connectivity index (χ1) is 9.70. The Bertz CT molecular complexity index is 634. The summed E-state index contributed by atoms with van der Waals surface area (Å²) in [4.78, 5) is 14.4. The van der Waals surface area contributed by atoms with E-state index in [1.165, 1.54) is 5.56 Å². The van der Waals surface area contributed by atoms with Crippen molar-refractivity contribution in [2.24, 2.45) is 5.73 Å². The number of hydrogen-bond acceptors (Lipinski definition) is 3. The summed E-state index contributed by atoms with van der Waals surface area (Å²) in [6.45, 7) is 3.20. The maximum absolute atomic E-state index is 12.6. The Morgan fingerprint density at radius 3 is 3.00 bits per heavy atom. The summed E-state index contributed by atoms with van der Waals surface area (Å²) in [6.07, 6.45) is 0.889. The zero-order valence-electron chi connectivity index (χ0n) is 11.5. The SMILES string of the molecule is Cc1cc(C(=O)N2CC(CCN)c3ccccc32)n[nH]1. The minimum Gasteiger partial charge on any atom is -0.330 e. The van der Waals surface area contributed by atoms with E-state index in [0.717, 1.165) is 17.8 Å². The number of fused-ring (bicyclic) bond motifs is 1. The maximum Gasteiger partial charge on any atom is 0.278 e. The van der Waals surface area contributed by atoms with Crippen molar-refractivity contribution in [1.82, 2.24) is 10.2 Å². The van der Waals surface area contributed by atoms with Crippen molar-refractivity contribution in [3.8, 4) is 0 Å². The molecule has 2 heterocycles. The van der Waals surface area contributed by atoms with Gasteiger partial charge in [0.2, 0.25) is 0 Å². The van der Waals surface area contributed by atoms with Crippen molar-refractivity contribution in [2.45, 2.75) is 19.3 Å². The van der Waals surface area contributed by atoms with E-state index in [1.54, 1.807) is 6.07 Å². The molecule has 0 fully saturated rings. The normalized spacial score (nSPS) is 17.3. The number of benzene rings is 1. The van der Waals surface area contributed by atoms with Gasteiger partial charge in [-0.25, -0.2) is 0 Å². The van der Waals surface area contributed by atoms with Crippen LogP contribution in [0.4, 0.5) is 5.69 Å². The van der Waals surface area contributed by atoms with Gasteiger partial charge >= 0.3 is 0 Å². The minimum absolute atomic E-state index is 0.0543. The number of aromatic nitrogens is 2. The van der Waals surface area contributed by atoms with Crippen molar-refractivity contribution in [1.29, 1.82) is 0 Å². The Kier molecular flexibility index (Phi) is 3.28. The van der Waals surface area contributed by atoms with Crippen LogP contribution in [-0.2, 0) is 0 Å². The van der Waals surface area contributed by atoms with Gasteiger partial charge in [-0.1, -0.05) is 18.2 Å². The number of aromatic amines is 1. The fraction of sp³-hybridized carbons (Fsp3) is 0.333. The molecule has 1 atom stereocenters. The molecule has 0 spiro atoms. The van der Waals surface area contributed by atoms with Gasteiger partial charge < -0.3 is 10.6 Å². The summed E-state index contributed by atoms with van der Waals surface area (Å²) in [7, 11) is 0. The summed E-state index contributed by atoms with van der Waals surface area (Å²) in [5, 5.41) is 6.88.